The molecule has 0 bridgehead atoms. The van der Waals surface area contributed by atoms with E-state index in [0.717, 1.165) is 25.9 Å². The summed E-state index contributed by atoms with van der Waals surface area (Å²) in [7, 11) is 1.27. The van der Waals surface area contributed by atoms with Crippen LogP contribution in [0.5, 0.6) is 0 Å². The van der Waals surface area contributed by atoms with Crippen molar-refractivity contribution in [3.63, 3.8) is 0 Å². The Morgan fingerprint density at radius 1 is 1.33 bits per heavy atom. The maximum atomic E-state index is 12.8. The van der Waals surface area contributed by atoms with Crippen molar-refractivity contribution in [3.8, 4) is 0 Å². The topological polar surface area (TPSA) is 81.5 Å². The molecule has 1 fully saturated rings. The van der Waals surface area contributed by atoms with Crippen LogP contribution >= 0.6 is 11.8 Å². The number of esters is 1. The van der Waals surface area contributed by atoms with Gasteiger partial charge in [-0.25, -0.2) is 4.98 Å². The number of rotatable bonds is 5. The van der Waals surface area contributed by atoms with Gasteiger partial charge in [-0.15, -0.1) is 0 Å². The predicted molar refractivity (Wildman–Crippen MR) is 104 cm³/mol. The summed E-state index contributed by atoms with van der Waals surface area (Å²) in [5, 5.41) is 0.782. The Hall–Kier alpha value is -2.35. The molecule has 1 amide bonds. The summed E-state index contributed by atoms with van der Waals surface area (Å²) in [4.78, 5) is 43.5. The zero-order chi connectivity index (χ0) is 19.4. The largest absolute Gasteiger partial charge is 0.468 e. The van der Waals surface area contributed by atoms with Crippen LogP contribution < -0.4 is 5.56 Å². The lowest BCUT2D eigenvalue weighted by molar-refractivity contribution is -0.141. The van der Waals surface area contributed by atoms with E-state index in [4.69, 9.17) is 4.74 Å². The van der Waals surface area contributed by atoms with Crippen LogP contribution in [-0.4, -0.2) is 52.3 Å². The van der Waals surface area contributed by atoms with Crippen LogP contribution in [0.4, 0.5) is 0 Å². The average Bonchev–Trinajstić information content (AvgIpc) is 2.68. The second kappa shape index (κ2) is 8.56. The molecule has 1 saturated heterocycles. The van der Waals surface area contributed by atoms with Gasteiger partial charge in [0.05, 0.1) is 23.8 Å². The number of methoxy groups -OCH3 is 1. The molecule has 0 N–H and O–H groups in total. The molecule has 2 aromatic rings. The molecule has 0 aliphatic carbocycles. The molecule has 3 rings (SSSR count). The minimum atomic E-state index is -0.535. The van der Waals surface area contributed by atoms with Crippen LogP contribution in [0.1, 0.15) is 19.8 Å². The van der Waals surface area contributed by atoms with Crippen LogP contribution in [0, 0.1) is 5.92 Å². The third-order valence-electron chi connectivity index (χ3n) is 4.68. The lowest BCUT2D eigenvalue weighted by atomic mass is 10.0. The zero-order valence-electron chi connectivity index (χ0n) is 15.5. The lowest BCUT2D eigenvalue weighted by Gasteiger charge is -2.30. The quantitative estimate of drug-likeness (QED) is 0.441. The van der Waals surface area contributed by atoms with Crippen LogP contribution in [0.3, 0.4) is 0 Å². The fraction of sp³-hybridized carbons (Fsp3) is 0.474. The molecule has 2 heterocycles. The summed E-state index contributed by atoms with van der Waals surface area (Å²) in [6.07, 6.45) is 2.15. The summed E-state index contributed by atoms with van der Waals surface area (Å²) >= 11 is 1.18. The number of ether oxygens (including phenoxy) is 1. The maximum Gasteiger partial charge on any atom is 0.325 e. The number of likely N-dealkylation sites (tertiary alicyclic amines) is 1. The number of carbonyl (C=O) groups is 2. The molecule has 1 atom stereocenters. The van der Waals surface area contributed by atoms with Gasteiger partial charge in [0.2, 0.25) is 5.91 Å². The lowest BCUT2D eigenvalue weighted by Crippen LogP contribution is -2.40. The number of piperidine rings is 1. The van der Waals surface area contributed by atoms with E-state index in [2.05, 4.69) is 11.9 Å². The summed E-state index contributed by atoms with van der Waals surface area (Å²) in [6.45, 7) is 3.44. The number of benzene rings is 1. The fourth-order valence-electron chi connectivity index (χ4n) is 3.22. The summed E-state index contributed by atoms with van der Waals surface area (Å²) in [5.74, 6) is 0.174. The SMILES string of the molecule is COC(=O)Cn1c(SCC(=O)N2CCC[C@@H](C)C2)nc2ccccc2c1=O. The smallest absolute Gasteiger partial charge is 0.325 e. The number of hydrogen-bond acceptors (Lipinski definition) is 6. The van der Waals surface area contributed by atoms with Gasteiger partial charge in [-0.2, -0.15) is 0 Å². The average molecular weight is 389 g/mol. The zero-order valence-corrected chi connectivity index (χ0v) is 16.3. The monoisotopic (exact) mass is 389 g/mol. The number of amides is 1. The van der Waals surface area contributed by atoms with Gasteiger partial charge in [-0.3, -0.25) is 19.0 Å². The van der Waals surface area contributed by atoms with Crippen molar-refractivity contribution in [2.75, 3.05) is 26.0 Å². The van der Waals surface area contributed by atoms with E-state index in [9.17, 15) is 14.4 Å². The first-order valence-corrected chi connectivity index (χ1v) is 9.95. The van der Waals surface area contributed by atoms with Crippen molar-refractivity contribution >= 4 is 34.5 Å². The molecule has 0 unspecified atom stereocenters. The number of aromatic nitrogens is 2. The molecule has 1 aliphatic heterocycles. The molecule has 7 nitrogen and oxygen atoms in total. The second-order valence-electron chi connectivity index (χ2n) is 6.75. The summed E-state index contributed by atoms with van der Waals surface area (Å²) in [5.41, 5.74) is 0.234. The number of para-hydroxylation sites is 1. The van der Waals surface area contributed by atoms with Gasteiger partial charge in [0.25, 0.3) is 5.56 Å². The molecule has 8 heteroatoms. The van der Waals surface area contributed by atoms with E-state index in [0.29, 0.717) is 22.0 Å². The van der Waals surface area contributed by atoms with Crippen molar-refractivity contribution in [1.82, 2.24) is 14.5 Å². The molecule has 1 aromatic heterocycles. The Morgan fingerprint density at radius 2 is 2.11 bits per heavy atom. The fourth-order valence-corrected chi connectivity index (χ4v) is 4.13. The van der Waals surface area contributed by atoms with E-state index >= 15 is 0 Å². The van der Waals surface area contributed by atoms with Crippen molar-refractivity contribution in [1.29, 1.82) is 0 Å². The molecule has 1 aliphatic rings. The number of carbonyl (C=O) groups excluding carboxylic acids is 2. The minimum absolute atomic E-state index is 0.0265. The van der Waals surface area contributed by atoms with Gasteiger partial charge >= 0.3 is 5.97 Å². The minimum Gasteiger partial charge on any atom is -0.468 e. The highest BCUT2D eigenvalue weighted by Crippen LogP contribution is 2.21. The Labute approximate surface area is 161 Å². The highest BCUT2D eigenvalue weighted by atomic mass is 32.2. The van der Waals surface area contributed by atoms with Gasteiger partial charge in [0.15, 0.2) is 5.16 Å². The number of fused-ring (bicyclic) bond motifs is 1. The van der Waals surface area contributed by atoms with Gasteiger partial charge in [-0.05, 0) is 30.9 Å². The Balaban J connectivity index is 1.85. The molecular formula is C19H23N3O4S. The molecule has 0 saturated carbocycles. The molecular weight excluding hydrogens is 366 g/mol. The number of hydrogen-bond donors (Lipinski definition) is 0. The first-order valence-electron chi connectivity index (χ1n) is 8.96. The molecule has 0 spiro atoms. The third-order valence-corrected chi connectivity index (χ3v) is 5.64. The van der Waals surface area contributed by atoms with Crippen LogP contribution in [0.15, 0.2) is 34.2 Å². The van der Waals surface area contributed by atoms with E-state index in [1.165, 1.54) is 23.4 Å². The van der Waals surface area contributed by atoms with Crippen LogP contribution in [0.25, 0.3) is 10.9 Å². The van der Waals surface area contributed by atoms with Crippen molar-refractivity contribution < 1.29 is 14.3 Å². The predicted octanol–water partition coefficient (Wildman–Crippen LogP) is 1.92. The van der Waals surface area contributed by atoms with E-state index < -0.39 is 5.97 Å². The van der Waals surface area contributed by atoms with Crippen molar-refractivity contribution in [3.05, 3.63) is 34.6 Å². The summed E-state index contributed by atoms with van der Waals surface area (Å²) in [6, 6.07) is 6.97. The molecule has 1 aromatic carbocycles. The second-order valence-corrected chi connectivity index (χ2v) is 7.70. The van der Waals surface area contributed by atoms with Crippen LogP contribution in [-0.2, 0) is 20.9 Å². The van der Waals surface area contributed by atoms with E-state index in [1.54, 1.807) is 24.3 Å². The number of nitrogens with zero attached hydrogens (tertiary/aromatic N) is 3. The van der Waals surface area contributed by atoms with Gasteiger partial charge in [0.1, 0.15) is 6.54 Å². The van der Waals surface area contributed by atoms with Gasteiger partial charge in [0, 0.05) is 13.1 Å². The van der Waals surface area contributed by atoms with Gasteiger partial charge < -0.3 is 9.64 Å². The Kier molecular flexibility index (Phi) is 6.15. The van der Waals surface area contributed by atoms with Crippen LogP contribution in [0.2, 0.25) is 0 Å². The number of thioether (sulfide) groups is 1. The summed E-state index contributed by atoms with van der Waals surface area (Å²) < 4.78 is 5.98. The van der Waals surface area contributed by atoms with Crippen molar-refractivity contribution in [2.45, 2.75) is 31.5 Å². The maximum absolute atomic E-state index is 12.8. The first-order chi connectivity index (χ1) is 13.0. The standard InChI is InChI=1S/C19H23N3O4S/c1-13-6-5-9-21(10-13)16(23)12-27-19-20-15-8-4-3-7-14(15)18(25)22(19)11-17(24)26-2/h3-4,7-8,13H,5-6,9-12H2,1-2H3/t13-/m1/s1. The third kappa shape index (κ3) is 4.50. The first kappa shape index (κ1) is 19.4. The van der Waals surface area contributed by atoms with Crippen molar-refractivity contribution in [2.24, 2.45) is 5.92 Å². The normalized spacial score (nSPS) is 17.1. The highest BCUT2D eigenvalue weighted by molar-refractivity contribution is 7.99. The van der Waals surface area contributed by atoms with Gasteiger partial charge in [-0.1, -0.05) is 30.8 Å². The molecule has 0 radical (unpaired) electrons. The Morgan fingerprint density at radius 3 is 2.85 bits per heavy atom. The Bertz CT molecular complexity index is 911. The van der Waals surface area contributed by atoms with E-state index in [-0.39, 0.29) is 23.8 Å². The molecule has 144 valence electrons. The molecule has 27 heavy (non-hydrogen) atoms. The highest BCUT2D eigenvalue weighted by Gasteiger charge is 2.22. The van der Waals surface area contributed by atoms with E-state index in [1.807, 2.05) is 4.90 Å².